The minimum absolute atomic E-state index is 0.0173. The minimum atomic E-state index is -3.86. The third kappa shape index (κ3) is 4.76. The highest BCUT2D eigenvalue weighted by molar-refractivity contribution is 7.92. The number of carbonyl (C=O) groups excluding carboxylic acids is 1. The predicted octanol–water partition coefficient (Wildman–Crippen LogP) is 3.19. The summed E-state index contributed by atoms with van der Waals surface area (Å²) in [5.41, 5.74) is 1.39. The Kier molecular flexibility index (Phi) is 6.26. The van der Waals surface area contributed by atoms with Crippen LogP contribution in [0.1, 0.15) is 29.8 Å². The summed E-state index contributed by atoms with van der Waals surface area (Å²) in [5.74, 6) is 0.432. The number of amides is 1. The number of aryl methyl sites for hydroxylation is 1. The summed E-state index contributed by atoms with van der Waals surface area (Å²) in [5, 5.41) is 2.81. The van der Waals surface area contributed by atoms with Gasteiger partial charge in [0.1, 0.15) is 5.75 Å². The third-order valence-corrected chi connectivity index (χ3v) is 5.15. The van der Waals surface area contributed by atoms with Crippen LogP contribution in [0.5, 0.6) is 5.75 Å². The second-order valence-corrected chi connectivity index (χ2v) is 8.07. The molecule has 2 aromatic rings. The van der Waals surface area contributed by atoms with Gasteiger partial charge >= 0.3 is 0 Å². The second-order valence-electron chi connectivity index (χ2n) is 6.39. The molecule has 0 radical (unpaired) electrons. The maximum Gasteiger partial charge on any atom is 0.262 e. The molecule has 0 bridgehead atoms. The first-order valence-corrected chi connectivity index (χ1v) is 9.77. The van der Waals surface area contributed by atoms with Gasteiger partial charge in [0.25, 0.3) is 15.9 Å². The number of rotatable bonds is 7. The molecule has 140 valence electrons. The van der Waals surface area contributed by atoms with Gasteiger partial charge in [-0.1, -0.05) is 32.0 Å². The lowest BCUT2D eigenvalue weighted by molar-refractivity contribution is 0.0948. The fourth-order valence-electron chi connectivity index (χ4n) is 2.34. The molecule has 0 aliphatic rings. The summed E-state index contributed by atoms with van der Waals surface area (Å²) in [6.07, 6.45) is 0. The molecule has 26 heavy (non-hydrogen) atoms. The molecule has 0 aliphatic heterocycles. The van der Waals surface area contributed by atoms with E-state index in [0.29, 0.717) is 35.0 Å². The monoisotopic (exact) mass is 376 g/mol. The standard InChI is InChI=1S/C19H24N2O4S/c1-13(2)12-20-19(22)16-11-15(10-9-14(16)3)26(23,24)21-17-7-5-6-8-18(17)25-4/h5-11,13,21H,12H2,1-4H3,(H,20,22). The Morgan fingerprint density at radius 3 is 2.50 bits per heavy atom. The van der Waals surface area contributed by atoms with Crippen LogP contribution in [0.25, 0.3) is 0 Å². The second kappa shape index (κ2) is 8.23. The largest absolute Gasteiger partial charge is 0.495 e. The number of ether oxygens (including phenoxy) is 1. The van der Waals surface area contributed by atoms with Crippen LogP contribution in [0.3, 0.4) is 0 Å². The number of hydrogen-bond donors (Lipinski definition) is 2. The maximum atomic E-state index is 12.7. The Hall–Kier alpha value is -2.54. The summed E-state index contributed by atoms with van der Waals surface area (Å²) in [4.78, 5) is 12.4. The highest BCUT2D eigenvalue weighted by Gasteiger charge is 2.19. The quantitative estimate of drug-likeness (QED) is 0.777. The summed E-state index contributed by atoms with van der Waals surface area (Å²) < 4.78 is 33.1. The number of hydrogen-bond acceptors (Lipinski definition) is 4. The van der Waals surface area contributed by atoms with Gasteiger partial charge in [-0.25, -0.2) is 8.42 Å². The van der Waals surface area contributed by atoms with Crippen LogP contribution >= 0.6 is 0 Å². The number of nitrogens with one attached hydrogen (secondary N) is 2. The Bertz CT molecular complexity index is 892. The lowest BCUT2D eigenvalue weighted by Crippen LogP contribution is -2.28. The molecule has 2 aromatic carbocycles. The third-order valence-electron chi connectivity index (χ3n) is 3.79. The van der Waals surface area contributed by atoms with Crippen molar-refractivity contribution in [2.45, 2.75) is 25.7 Å². The van der Waals surface area contributed by atoms with E-state index >= 15 is 0 Å². The zero-order valence-electron chi connectivity index (χ0n) is 15.4. The molecule has 0 fully saturated rings. The van der Waals surface area contributed by atoms with Gasteiger partial charge < -0.3 is 10.1 Å². The molecule has 0 heterocycles. The summed E-state index contributed by atoms with van der Waals surface area (Å²) in [6, 6.07) is 11.2. The molecule has 0 aromatic heterocycles. The van der Waals surface area contributed by atoms with E-state index in [4.69, 9.17) is 4.74 Å². The highest BCUT2D eigenvalue weighted by atomic mass is 32.2. The predicted molar refractivity (Wildman–Crippen MR) is 102 cm³/mol. The highest BCUT2D eigenvalue weighted by Crippen LogP contribution is 2.26. The molecule has 0 saturated heterocycles. The van der Waals surface area contributed by atoms with Gasteiger partial charge in [-0.2, -0.15) is 0 Å². The Morgan fingerprint density at radius 1 is 1.15 bits per heavy atom. The van der Waals surface area contributed by atoms with Crippen LogP contribution in [0.15, 0.2) is 47.4 Å². The summed E-state index contributed by atoms with van der Waals surface area (Å²) in [7, 11) is -2.39. The SMILES string of the molecule is COc1ccccc1NS(=O)(=O)c1ccc(C)c(C(=O)NCC(C)C)c1. The zero-order chi connectivity index (χ0) is 19.3. The van der Waals surface area contributed by atoms with Crippen molar-refractivity contribution in [1.29, 1.82) is 0 Å². The molecule has 0 spiro atoms. The van der Waals surface area contributed by atoms with Gasteiger partial charge in [0.15, 0.2) is 0 Å². The molecule has 2 rings (SSSR count). The molecule has 0 atom stereocenters. The number of sulfonamides is 1. The Balaban J connectivity index is 2.32. The van der Waals surface area contributed by atoms with Crippen LogP contribution in [-0.4, -0.2) is 28.0 Å². The smallest absolute Gasteiger partial charge is 0.262 e. The number of anilines is 1. The van der Waals surface area contributed by atoms with Crippen molar-refractivity contribution in [1.82, 2.24) is 5.32 Å². The summed E-state index contributed by atoms with van der Waals surface area (Å²) >= 11 is 0. The van der Waals surface area contributed by atoms with Crippen molar-refractivity contribution in [3.8, 4) is 5.75 Å². The lowest BCUT2D eigenvalue weighted by Gasteiger charge is -2.14. The molecule has 7 heteroatoms. The zero-order valence-corrected chi connectivity index (χ0v) is 16.2. The molecule has 1 amide bonds. The first-order valence-electron chi connectivity index (χ1n) is 8.29. The van der Waals surface area contributed by atoms with E-state index in [1.807, 2.05) is 13.8 Å². The molecular formula is C19H24N2O4S. The van der Waals surface area contributed by atoms with E-state index < -0.39 is 10.0 Å². The molecule has 0 unspecified atom stereocenters. The molecule has 0 aliphatic carbocycles. The van der Waals surface area contributed by atoms with E-state index in [0.717, 1.165) is 0 Å². The minimum Gasteiger partial charge on any atom is -0.495 e. The van der Waals surface area contributed by atoms with E-state index in [1.54, 1.807) is 37.3 Å². The first-order chi connectivity index (χ1) is 12.2. The fraction of sp³-hybridized carbons (Fsp3) is 0.316. The molecule has 0 saturated carbocycles. The van der Waals surface area contributed by atoms with Gasteiger partial charge in [-0.15, -0.1) is 0 Å². The molecule has 2 N–H and O–H groups in total. The van der Waals surface area contributed by atoms with Crippen molar-refractivity contribution in [2.75, 3.05) is 18.4 Å². The Morgan fingerprint density at radius 2 is 1.85 bits per heavy atom. The maximum absolute atomic E-state index is 12.7. The number of benzene rings is 2. The van der Waals surface area contributed by atoms with Gasteiger partial charge in [0.2, 0.25) is 0 Å². The summed E-state index contributed by atoms with van der Waals surface area (Å²) in [6.45, 7) is 6.28. The van der Waals surface area contributed by atoms with E-state index in [-0.39, 0.29) is 10.8 Å². The van der Waals surface area contributed by atoms with Gasteiger partial charge in [-0.3, -0.25) is 9.52 Å². The topological polar surface area (TPSA) is 84.5 Å². The van der Waals surface area contributed by atoms with E-state index in [9.17, 15) is 13.2 Å². The number of para-hydroxylation sites is 2. The van der Waals surface area contributed by atoms with Crippen molar-refractivity contribution in [3.05, 3.63) is 53.6 Å². The van der Waals surface area contributed by atoms with Crippen molar-refractivity contribution < 1.29 is 17.9 Å². The van der Waals surface area contributed by atoms with Crippen LogP contribution < -0.4 is 14.8 Å². The fourth-order valence-corrected chi connectivity index (χ4v) is 3.43. The normalized spacial score (nSPS) is 11.3. The van der Waals surface area contributed by atoms with Gasteiger partial charge in [0.05, 0.1) is 17.7 Å². The number of methoxy groups -OCH3 is 1. The van der Waals surface area contributed by atoms with Crippen LogP contribution in [-0.2, 0) is 10.0 Å². The molecule has 6 nitrogen and oxygen atoms in total. The number of carbonyl (C=O) groups is 1. The average molecular weight is 376 g/mol. The van der Waals surface area contributed by atoms with Crippen LogP contribution in [0, 0.1) is 12.8 Å². The van der Waals surface area contributed by atoms with Crippen LogP contribution in [0.2, 0.25) is 0 Å². The van der Waals surface area contributed by atoms with Crippen molar-refractivity contribution in [3.63, 3.8) is 0 Å². The Labute approximate surface area is 154 Å². The average Bonchev–Trinajstić information content (AvgIpc) is 2.60. The van der Waals surface area contributed by atoms with Gasteiger partial charge in [0, 0.05) is 12.1 Å². The van der Waals surface area contributed by atoms with E-state index in [1.165, 1.54) is 19.2 Å². The van der Waals surface area contributed by atoms with Crippen molar-refractivity contribution in [2.24, 2.45) is 5.92 Å². The lowest BCUT2D eigenvalue weighted by atomic mass is 10.1. The van der Waals surface area contributed by atoms with Gasteiger partial charge in [-0.05, 0) is 42.7 Å². The van der Waals surface area contributed by atoms with E-state index in [2.05, 4.69) is 10.0 Å². The first kappa shape index (κ1) is 19.8. The van der Waals surface area contributed by atoms with Crippen LogP contribution in [0.4, 0.5) is 5.69 Å². The van der Waals surface area contributed by atoms with Crippen molar-refractivity contribution >= 4 is 21.6 Å². The molecular weight excluding hydrogens is 352 g/mol.